The second-order valence-electron chi connectivity index (χ2n) is 4.87. The molecule has 2 N–H and O–H groups in total. The summed E-state index contributed by atoms with van der Waals surface area (Å²) in [5.41, 5.74) is 6.98. The molecule has 1 aromatic heterocycles. The summed E-state index contributed by atoms with van der Waals surface area (Å²) in [4.78, 5) is 12.9. The van der Waals surface area contributed by atoms with Gasteiger partial charge in [0.2, 0.25) is 5.95 Å². The molecule has 4 heteroatoms. The van der Waals surface area contributed by atoms with Gasteiger partial charge in [-0.05, 0) is 25.3 Å². The van der Waals surface area contributed by atoms with E-state index in [1.807, 2.05) is 13.0 Å². The van der Waals surface area contributed by atoms with Crippen molar-refractivity contribution in [2.75, 3.05) is 5.73 Å². The van der Waals surface area contributed by atoms with Crippen LogP contribution in [0.4, 0.5) is 5.95 Å². The molecule has 1 fully saturated rings. The maximum absolute atomic E-state index is 5.75. The van der Waals surface area contributed by atoms with Crippen LogP contribution in [0.2, 0.25) is 0 Å². The number of hydrogen-bond acceptors (Lipinski definition) is 4. The fourth-order valence-corrected chi connectivity index (χ4v) is 2.65. The predicted octanol–water partition coefficient (Wildman–Crippen LogP) is 2.23. The Labute approximate surface area is 106 Å². The second-order valence-corrected chi connectivity index (χ2v) is 4.87. The number of aryl methyl sites for hydroxylation is 1. The van der Waals surface area contributed by atoms with Gasteiger partial charge >= 0.3 is 0 Å². The van der Waals surface area contributed by atoms with Crippen molar-refractivity contribution in [1.82, 2.24) is 15.0 Å². The summed E-state index contributed by atoms with van der Waals surface area (Å²) >= 11 is 0. The Hall–Kier alpha value is -1.97. The maximum atomic E-state index is 5.75. The molecule has 0 amide bonds. The molecule has 1 saturated carbocycles. The van der Waals surface area contributed by atoms with Gasteiger partial charge in [-0.3, -0.25) is 0 Å². The number of benzene rings is 1. The van der Waals surface area contributed by atoms with Crippen molar-refractivity contribution in [2.45, 2.75) is 31.6 Å². The summed E-state index contributed by atoms with van der Waals surface area (Å²) in [7, 11) is 0. The lowest BCUT2D eigenvalue weighted by Gasteiger charge is -2.40. The summed E-state index contributed by atoms with van der Waals surface area (Å²) < 4.78 is 0. The van der Waals surface area contributed by atoms with Gasteiger partial charge in [0.25, 0.3) is 0 Å². The maximum Gasteiger partial charge on any atom is 0.223 e. The fraction of sp³-hybridized carbons (Fsp3) is 0.357. The van der Waals surface area contributed by atoms with Gasteiger partial charge in [-0.2, -0.15) is 9.97 Å². The fourth-order valence-electron chi connectivity index (χ4n) is 2.65. The third-order valence-corrected chi connectivity index (χ3v) is 3.73. The molecule has 0 radical (unpaired) electrons. The molecule has 92 valence electrons. The van der Waals surface area contributed by atoms with Crippen molar-refractivity contribution in [3.8, 4) is 0 Å². The van der Waals surface area contributed by atoms with E-state index in [0.29, 0.717) is 11.8 Å². The third kappa shape index (κ3) is 1.65. The highest BCUT2D eigenvalue weighted by Crippen LogP contribution is 2.47. The molecule has 2 aromatic rings. The van der Waals surface area contributed by atoms with Gasteiger partial charge in [0.05, 0.1) is 5.41 Å². The molecule has 0 spiro atoms. The normalized spacial score (nSPS) is 17.2. The number of rotatable bonds is 2. The van der Waals surface area contributed by atoms with Crippen LogP contribution in [0.5, 0.6) is 0 Å². The van der Waals surface area contributed by atoms with Crippen LogP contribution >= 0.6 is 0 Å². The molecule has 0 unspecified atom stereocenters. The molecular weight excluding hydrogens is 224 g/mol. The number of nitrogens with zero attached hydrogens (tertiary/aromatic N) is 3. The highest BCUT2D eigenvalue weighted by Gasteiger charge is 2.43. The molecule has 0 atom stereocenters. The highest BCUT2D eigenvalue weighted by atomic mass is 15.1. The van der Waals surface area contributed by atoms with Gasteiger partial charge in [0.15, 0.2) is 0 Å². The molecule has 4 nitrogen and oxygen atoms in total. The third-order valence-electron chi connectivity index (χ3n) is 3.73. The van der Waals surface area contributed by atoms with Crippen LogP contribution in [-0.2, 0) is 5.41 Å². The van der Waals surface area contributed by atoms with Crippen LogP contribution < -0.4 is 5.73 Å². The first-order valence-corrected chi connectivity index (χ1v) is 6.25. The van der Waals surface area contributed by atoms with Gasteiger partial charge in [-0.25, -0.2) is 4.98 Å². The zero-order chi connectivity index (χ0) is 12.6. The van der Waals surface area contributed by atoms with Crippen LogP contribution in [0.3, 0.4) is 0 Å². The largest absolute Gasteiger partial charge is 0.368 e. The minimum atomic E-state index is -0.0525. The van der Waals surface area contributed by atoms with E-state index < -0.39 is 0 Å². The van der Waals surface area contributed by atoms with Crippen LogP contribution in [0.25, 0.3) is 0 Å². The molecule has 18 heavy (non-hydrogen) atoms. The Morgan fingerprint density at radius 3 is 2.33 bits per heavy atom. The van der Waals surface area contributed by atoms with Crippen molar-refractivity contribution < 1.29 is 0 Å². The molecule has 1 aromatic carbocycles. The number of nitrogen functional groups attached to an aromatic ring is 1. The van der Waals surface area contributed by atoms with Crippen molar-refractivity contribution >= 4 is 5.95 Å². The SMILES string of the molecule is Cc1nc(N)nc(C2(c3ccccc3)CCC2)n1. The summed E-state index contributed by atoms with van der Waals surface area (Å²) in [6, 6.07) is 10.4. The van der Waals surface area contributed by atoms with E-state index in [1.165, 1.54) is 12.0 Å². The average molecular weight is 240 g/mol. The first-order valence-electron chi connectivity index (χ1n) is 6.25. The molecule has 0 saturated heterocycles. The lowest BCUT2D eigenvalue weighted by atomic mass is 9.64. The summed E-state index contributed by atoms with van der Waals surface area (Å²) in [5, 5.41) is 0. The van der Waals surface area contributed by atoms with E-state index >= 15 is 0 Å². The molecule has 1 heterocycles. The van der Waals surface area contributed by atoms with Gasteiger partial charge in [0, 0.05) is 0 Å². The van der Waals surface area contributed by atoms with Gasteiger partial charge < -0.3 is 5.73 Å². The molecule has 0 aliphatic heterocycles. The standard InChI is InChI=1S/C14H16N4/c1-10-16-12(18-13(15)17-10)14(8-5-9-14)11-6-3-2-4-7-11/h2-4,6-7H,5,8-9H2,1H3,(H2,15,16,17,18). The first kappa shape index (κ1) is 11.1. The Morgan fingerprint density at radius 1 is 1.06 bits per heavy atom. The van der Waals surface area contributed by atoms with E-state index in [9.17, 15) is 0 Å². The zero-order valence-corrected chi connectivity index (χ0v) is 10.4. The van der Waals surface area contributed by atoms with Crippen molar-refractivity contribution in [3.63, 3.8) is 0 Å². The van der Waals surface area contributed by atoms with Gasteiger partial charge in [-0.15, -0.1) is 0 Å². The minimum absolute atomic E-state index is 0.0525. The van der Waals surface area contributed by atoms with E-state index in [0.717, 1.165) is 18.7 Å². The van der Waals surface area contributed by atoms with E-state index in [1.54, 1.807) is 0 Å². The summed E-state index contributed by atoms with van der Waals surface area (Å²) in [6.45, 7) is 1.86. The summed E-state index contributed by atoms with van der Waals surface area (Å²) in [5.74, 6) is 1.84. The average Bonchev–Trinajstić information content (AvgIpc) is 2.27. The van der Waals surface area contributed by atoms with Crippen molar-refractivity contribution in [1.29, 1.82) is 0 Å². The van der Waals surface area contributed by atoms with E-state index in [2.05, 4.69) is 39.2 Å². The second kappa shape index (κ2) is 4.05. The predicted molar refractivity (Wildman–Crippen MR) is 70.0 cm³/mol. The van der Waals surface area contributed by atoms with Crippen LogP contribution in [0, 0.1) is 6.92 Å². The van der Waals surface area contributed by atoms with Gasteiger partial charge in [0.1, 0.15) is 11.6 Å². The highest BCUT2D eigenvalue weighted by molar-refractivity contribution is 5.37. The smallest absolute Gasteiger partial charge is 0.223 e. The minimum Gasteiger partial charge on any atom is -0.368 e. The number of anilines is 1. The zero-order valence-electron chi connectivity index (χ0n) is 10.4. The number of hydrogen-bond donors (Lipinski definition) is 1. The Balaban J connectivity index is 2.12. The number of nitrogens with two attached hydrogens (primary N) is 1. The molecule has 1 aliphatic rings. The lowest BCUT2D eigenvalue weighted by molar-refractivity contribution is 0.284. The first-order chi connectivity index (χ1) is 8.71. The van der Waals surface area contributed by atoms with E-state index in [-0.39, 0.29) is 5.41 Å². The summed E-state index contributed by atoms with van der Waals surface area (Å²) in [6.07, 6.45) is 3.37. The van der Waals surface area contributed by atoms with E-state index in [4.69, 9.17) is 5.73 Å². The monoisotopic (exact) mass is 240 g/mol. The van der Waals surface area contributed by atoms with Crippen molar-refractivity contribution in [2.24, 2.45) is 0 Å². The Morgan fingerprint density at radius 2 is 1.78 bits per heavy atom. The van der Waals surface area contributed by atoms with Crippen LogP contribution in [-0.4, -0.2) is 15.0 Å². The van der Waals surface area contributed by atoms with Gasteiger partial charge in [-0.1, -0.05) is 36.8 Å². The Bertz CT molecular complexity index is 541. The topological polar surface area (TPSA) is 64.7 Å². The quantitative estimate of drug-likeness (QED) is 0.874. The lowest BCUT2D eigenvalue weighted by Crippen LogP contribution is -2.37. The molecule has 0 bridgehead atoms. The Kier molecular flexibility index (Phi) is 2.51. The van der Waals surface area contributed by atoms with Crippen LogP contribution in [0.15, 0.2) is 30.3 Å². The van der Waals surface area contributed by atoms with Crippen molar-refractivity contribution in [3.05, 3.63) is 47.5 Å². The molecule has 3 rings (SSSR count). The molecule has 1 aliphatic carbocycles. The van der Waals surface area contributed by atoms with Crippen LogP contribution in [0.1, 0.15) is 36.5 Å². The molecular formula is C14H16N4. The number of aromatic nitrogens is 3.